The minimum Gasteiger partial charge on any atom is -0.454 e. The van der Waals surface area contributed by atoms with Gasteiger partial charge in [0.15, 0.2) is 5.58 Å². The molecule has 3 heteroatoms. The number of furan rings is 1. The molecule has 2 aromatic carbocycles. The second kappa shape index (κ2) is 5.56. The minimum absolute atomic E-state index is 0.884. The Kier molecular flexibility index (Phi) is 3.58. The molecule has 0 unspecified atom stereocenters. The maximum atomic E-state index is 6.31. The Hall–Kier alpha value is -2.39. The number of rotatable bonds is 2. The second-order valence-corrected chi connectivity index (χ2v) is 13.1. The highest BCUT2D eigenvalue weighted by molar-refractivity contribution is 6.88. The van der Waals surface area contributed by atoms with E-state index in [0.29, 0.717) is 0 Å². The summed E-state index contributed by atoms with van der Waals surface area (Å²) in [5, 5.41) is 3.73. The monoisotopic (exact) mass is 345 g/mol. The molecule has 0 saturated heterocycles. The number of nitrogens with zero attached hydrogens (tertiary/aromatic N) is 1. The van der Waals surface area contributed by atoms with E-state index in [-0.39, 0.29) is 0 Å². The van der Waals surface area contributed by atoms with Gasteiger partial charge in [0.05, 0.1) is 8.07 Å². The average Bonchev–Trinajstić information content (AvgIpc) is 2.90. The van der Waals surface area contributed by atoms with Crippen LogP contribution in [0.15, 0.2) is 53.1 Å². The molecule has 0 fully saturated rings. The first-order valence-corrected chi connectivity index (χ1v) is 12.2. The third-order valence-electron chi connectivity index (χ3n) is 4.75. The highest BCUT2D eigenvalue weighted by Crippen LogP contribution is 2.34. The summed E-state index contributed by atoms with van der Waals surface area (Å²) in [7, 11) is -1.37. The number of hydrogen-bond acceptors (Lipinski definition) is 2. The van der Waals surface area contributed by atoms with Crippen molar-refractivity contribution in [2.75, 3.05) is 0 Å². The molecule has 2 aromatic heterocycles. The van der Waals surface area contributed by atoms with Crippen LogP contribution in [0.5, 0.6) is 0 Å². The molecule has 0 aliphatic carbocycles. The highest BCUT2D eigenvalue weighted by Gasteiger charge is 2.19. The fourth-order valence-corrected chi connectivity index (χ4v) is 4.63. The van der Waals surface area contributed by atoms with Gasteiger partial charge < -0.3 is 4.42 Å². The molecular formula is C22H23NOSi. The summed E-state index contributed by atoms with van der Waals surface area (Å²) in [6, 6.07) is 15.3. The Morgan fingerprint density at radius 2 is 1.56 bits per heavy atom. The van der Waals surface area contributed by atoms with E-state index in [9.17, 15) is 0 Å². The normalized spacial score (nSPS) is 12.2. The van der Waals surface area contributed by atoms with E-state index in [2.05, 4.69) is 80.9 Å². The van der Waals surface area contributed by atoms with Crippen molar-refractivity contribution in [2.24, 2.45) is 0 Å². The molecule has 25 heavy (non-hydrogen) atoms. The maximum absolute atomic E-state index is 6.31. The Morgan fingerprint density at radius 1 is 0.840 bits per heavy atom. The van der Waals surface area contributed by atoms with Gasteiger partial charge in [0.25, 0.3) is 0 Å². The quantitative estimate of drug-likeness (QED) is 0.428. The fraction of sp³-hybridized carbons (Fsp3) is 0.227. The van der Waals surface area contributed by atoms with E-state index >= 15 is 0 Å². The van der Waals surface area contributed by atoms with Gasteiger partial charge in [-0.15, -0.1) is 0 Å². The first-order valence-electron chi connectivity index (χ1n) is 8.73. The lowest BCUT2D eigenvalue weighted by Crippen LogP contribution is -2.37. The van der Waals surface area contributed by atoms with Crippen LogP contribution in [0.4, 0.5) is 0 Å². The first-order chi connectivity index (χ1) is 11.8. The molecular weight excluding hydrogens is 322 g/mol. The molecule has 0 atom stereocenters. The number of benzene rings is 2. The van der Waals surface area contributed by atoms with Gasteiger partial charge in [-0.1, -0.05) is 54.2 Å². The molecule has 0 radical (unpaired) electrons. The van der Waals surface area contributed by atoms with Crippen molar-refractivity contribution in [1.82, 2.24) is 4.98 Å². The van der Waals surface area contributed by atoms with Crippen LogP contribution in [-0.2, 0) is 0 Å². The Balaban J connectivity index is 2.01. The summed E-state index contributed by atoms with van der Waals surface area (Å²) in [6.07, 6.45) is 1.89. The topological polar surface area (TPSA) is 26.0 Å². The third-order valence-corrected chi connectivity index (χ3v) is 6.79. The fourth-order valence-electron chi connectivity index (χ4n) is 3.49. The van der Waals surface area contributed by atoms with Crippen LogP contribution in [0.2, 0.25) is 19.6 Å². The van der Waals surface area contributed by atoms with Gasteiger partial charge in [-0.25, -0.2) is 0 Å². The molecule has 0 N–H and O–H groups in total. The minimum atomic E-state index is -1.37. The Morgan fingerprint density at radius 3 is 2.24 bits per heavy atom. The van der Waals surface area contributed by atoms with Crippen LogP contribution in [0.3, 0.4) is 0 Å². The summed E-state index contributed by atoms with van der Waals surface area (Å²) in [4.78, 5) is 4.64. The van der Waals surface area contributed by atoms with Crippen molar-refractivity contribution in [3.8, 4) is 11.3 Å². The Bertz CT molecular complexity index is 1080. The summed E-state index contributed by atoms with van der Waals surface area (Å²) < 4.78 is 6.31. The van der Waals surface area contributed by atoms with Crippen molar-refractivity contribution in [3.05, 3.63) is 59.8 Å². The van der Waals surface area contributed by atoms with Gasteiger partial charge in [-0.2, -0.15) is 0 Å². The van der Waals surface area contributed by atoms with Crippen LogP contribution in [-0.4, -0.2) is 13.1 Å². The standard InChI is InChI=1S/C22H23NOSi/c1-14-10-15(2)12-16(11-14)21-22-19(8-9-23-21)18-7-6-17(25(3,4)5)13-20(18)24-22/h6-13H,1-5H3. The van der Waals surface area contributed by atoms with Gasteiger partial charge in [0.1, 0.15) is 11.3 Å². The maximum Gasteiger partial charge on any atom is 0.161 e. The van der Waals surface area contributed by atoms with E-state index in [1.54, 1.807) is 0 Å². The van der Waals surface area contributed by atoms with Crippen LogP contribution >= 0.6 is 0 Å². The summed E-state index contributed by atoms with van der Waals surface area (Å²) in [5.74, 6) is 0. The lowest BCUT2D eigenvalue weighted by Gasteiger charge is -2.15. The van der Waals surface area contributed by atoms with E-state index in [1.165, 1.54) is 21.7 Å². The summed E-state index contributed by atoms with van der Waals surface area (Å²) in [5.41, 5.74) is 6.38. The SMILES string of the molecule is Cc1cc(C)cc(-c2nccc3c2oc2cc([Si](C)(C)C)ccc23)c1. The summed E-state index contributed by atoms with van der Waals surface area (Å²) in [6.45, 7) is 11.3. The molecule has 0 aliphatic rings. The second-order valence-electron chi connectivity index (χ2n) is 7.98. The zero-order valence-corrected chi connectivity index (χ0v) is 16.5. The van der Waals surface area contributed by atoms with E-state index in [4.69, 9.17) is 4.42 Å². The smallest absolute Gasteiger partial charge is 0.161 e. The molecule has 0 bridgehead atoms. The van der Waals surface area contributed by atoms with Crippen molar-refractivity contribution >= 4 is 35.2 Å². The van der Waals surface area contributed by atoms with Gasteiger partial charge in [0, 0.05) is 22.5 Å². The average molecular weight is 346 g/mol. The molecule has 0 saturated carbocycles. The first kappa shape index (κ1) is 16.1. The van der Waals surface area contributed by atoms with Gasteiger partial charge >= 0.3 is 0 Å². The van der Waals surface area contributed by atoms with E-state index < -0.39 is 8.07 Å². The van der Waals surface area contributed by atoms with E-state index in [0.717, 1.165) is 27.8 Å². The molecule has 0 amide bonds. The molecule has 126 valence electrons. The molecule has 4 aromatic rings. The van der Waals surface area contributed by atoms with Crippen LogP contribution in [0, 0.1) is 13.8 Å². The van der Waals surface area contributed by atoms with Gasteiger partial charge in [0.2, 0.25) is 0 Å². The van der Waals surface area contributed by atoms with Crippen LogP contribution < -0.4 is 5.19 Å². The zero-order chi connectivity index (χ0) is 17.8. The number of hydrogen-bond donors (Lipinski definition) is 0. The summed E-state index contributed by atoms with van der Waals surface area (Å²) >= 11 is 0. The van der Waals surface area contributed by atoms with Crippen molar-refractivity contribution < 1.29 is 4.42 Å². The van der Waals surface area contributed by atoms with E-state index in [1.807, 2.05) is 6.20 Å². The van der Waals surface area contributed by atoms with Crippen molar-refractivity contribution in [3.63, 3.8) is 0 Å². The largest absolute Gasteiger partial charge is 0.454 e. The predicted molar refractivity (Wildman–Crippen MR) is 109 cm³/mol. The zero-order valence-electron chi connectivity index (χ0n) is 15.5. The molecule has 2 heterocycles. The van der Waals surface area contributed by atoms with Gasteiger partial charge in [-0.3, -0.25) is 4.98 Å². The van der Waals surface area contributed by atoms with Crippen LogP contribution in [0.25, 0.3) is 33.2 Å². The van der Waals surface area contributed by atoms with Crippen molar-refractivity contribution in [1.29, 1.82) is 0 Å². The molecule has 0 spiro atoms. The Labute approximate surface area is 149 Å². The van der Waals surface area contributed by atoms with Crippen LogP contribution in [0.1, 0.15) is 11.1 Å². The molecule has 0 aliphatic heterocycles. The van der Waals surface area contributed by atoms with Gasteiger partial charge in [-0.05, 0) is 38.1 Å². The molecule has 2 nitrogen and oxygen atoms in total. The third kappa shape index (κ3) is 2.79. The highest BCUT2D eigenvalue weighted by atomic mass is 28.3. The lowest BCUT2D eigenvalue weighted by molar-refractivity contribution is 0.668. The molecule has 4 rings (SSSR count). The number of fused-ring (bicyclic) bond motifs is 3. The lowest BCUT2D eigenvalue weighted by atomic mass is 10.0. The predicted octanol–water partition coefficient (Wildman–Crippen LogP) is 5.81. The number of pyridine rings is 1. The number of aryl methyl sites for hydroxylation is 2. The number of aromatic nitrogens is 1. The van der Waals surface area contributed by atoms with Crippen molar-refractivity contribution in [2.45, 2.75) is 33.5 Å².